The summed E-state index contributed by atoms with van der Waals surface area (Å²) in [5.74, 6) is -0.321. The number of sulfonamides is 1. The number of piperidine rings is 1. The highest BCUT2D eigenvalue weighted by molar-refractivity contribution is 7.89. The van der Waals surface area contributed by atoms with Gasteiger partial charge < -0.3 is 14.7 Å². The maximum Gasteiger partial charge on any atom is 0.242 e. The molecule has 3 fully saturated rings. The number of hydrogen-bond acceptors (Lipinski definition) is 6. The first-order chi connectivity index (χ1) is 20.1. The van der Waals surface area contributed by atoms with E-state index in [0.717, 1.165) is 49.7 Å². The zero-order valence-electron chi connectivity index (χ0n) is 24.3. The lowest BCUT2D eigenvalue weighted by Gasteiger charge is -2.35. The van der Waals surface area contributed by atoms with Crippen molar-refractivity contribution < 1.29 is 22.8 Å². The highest BCUT2D eigenvalue weighted by Crippen LogP contribution is 2.25. The van der Waals surface area contributed by atoms with E-state index in [1.807, 2.05) is 23.8 Å². The number of amides is 3. The van der Waals surface area contributed by atoms with Gasteiger partial charge in [0, 0.05) is 63.3 Å². The van der Waals surface area contributed by atoms with Crippen LogP contribution >= 0.6 is 11.6 Å². The molecular weight excluding hydrogens is 578 g/mol. The van der Waals surface area contributed by atoms with Crippen molar-refractivity contribution in [3.05, 3.63) is 41.4 Å². The number of carbonyl (C=O) groups is 3. The van der Waals surface area contributed by atoms with Gasteiger partial charge in [0.25, 0.3) is 0 Å². The van der Waals surface area contributed by atoms with E-state index >= 15 is 0 Å². The molecule has 2 aromatic rings. The van der Waals surface area contributed by atoms with E-state index in [2.05, 4.69) is 9.62 Å². The molecule has 0 radical (unpaired) electrons. The maximum atomic E-state index is 13.4. The second-order valence-electron chi connectivity index (χ2n) is 11.7. The molecule has 3 amide bonds. The summed E-state index contributed by atoms with van der Waals surface area (Å²) < 4.78 is 29.0. The molecule has 1 N–H and O–H groups in total. The highest BCUT2D eigenvalue weighted by atomic mass is 35.5. The van der Waals surface area contributed by atoms with Crippen LogP contribution in [0.5, 0.6) is 0 Å². The topological polar surface area (TPSA) is 110 Å². The fraction of sp³-hybridized carbons (Fsp3) is 0.567. The van der Waals surface area contributed by atoms with Crippen molar-refractivity contribution in [3.63, 3.8) is 0 Å². The van der Waals surface area contributed by atoms with Crippen LogP contribution in [0.2, 0.25) is 5.02 Å². The van der Waals surface area contributed by atoms with Gasteiger partial charge in [-0.05, 0) is 67.1 Å². The van der Waals surface area contributed by atoms with Gasteiger partial charge in [-0.1, -0.05) is 30.7 Å². The Morgan fingerprint density at radius 2 is 1.76 bits per heavy atom. The summed E-state index contributed by atoms with van der Waals surface area (Å²) in [6.45, 7) is 5.34. The van der Waals surface area contributed by atoms with Gasteiger partial charge in [-0.3, -0.25) is 19.3 Å². The van der Waals surface area contributed by atoms with Crippen LogP contribution in [-0.4, -0.2) is 110 Å². The minimum Gasteiger partial charge on any atom is -0.341 e. The van der Waals surface area contributed by atoms with E-state index in [4.69, 9.17) is 11.6 Å². The minimum atomic E-state index is -3.96. The fourth-order valence-corrected chi connectivity index (χ4v) is 7.92. The molecule has 5 rings (SSSR count). The van der Waals surface area contributed by atoms with Gasteiger partial charge in [-0.25, -0.2) is 8.42 Å². The van der Waals surface area contributed by atoms with Crippen LogP contribution < -0.4 is 4.72 Å². The van der Waals surface area contributed by atoms with Gasteiger partial charge in [0.1, 0.15) is 6.04 Å². The number of benzene rings is 2. The first kappa shape index (κ1) is 30.7. The third-order valence-electron chi connectivity index (χ3n) is 8.90. The molecule has 0 aliphatic carbocycles. The standard InChI is InChI=1S/C30H40ClN5O5S/c1-3-28(37)33(2)24-12-15-34(18-24)19-25-6-4-14-36(25)29(38)20-35-13-5-7-27(30(35)39)32-42(40,41)26-11-9-21-16-23(31)10-8-22(21)17-26/h8-11,16-17,24-25,27,32H,3-7,12-15,18-20H2,1-2H3. The zero-order chi connectivity index (χ0) is 30.0. The molecule has 3 saturated heterocycles. The smallest absolute Gasteiger partial charge is 0.242 e. The number of likely N-dealkylation sites (tertiary alicyclic amines) is 3. The summed E-state index contributed by atoms with van der Waals surface area (Å²) in [7, 11) is -2.09. The summed E-state index contributed by atoms with van der Waals surface area (Å²) in [6, 6.07) is 9.34. The summed E-state index contributed by atoms with van der Waals surface area (Å²) in [6.07, 6.45) is 4.22. The molecule has 42 heavy (non-hydrogen) atoms. The number of carbonyl (C=O) groups excluding carboxylic acids is 3. The van der Waals surface area contributed by atoms with E-state index in [0.29, 0.717) is 37.4 Å². The van der Waals surface area contributed by atoms with Crippen LogP contribution in [0.25, 0.3) is 10.8 Å². The highest BCUT2D eigenvalue weighted by Gasteiger charge is 2.37. The van der Waals surface area contributed by atoms with Crippen molar-refractivity contribution >= 4 is 50.1 Å². The average molecular weight is 618 g/mol. The van der Waals surface area contributed by atoms with Crippen LogP contribution in [0.4, 0.5) is 0 Å². The molecule has 228 valence electrons. The summed E-state index contributed by atoms with van der Waals surface area (Å²) in [4.78, 5) is 46.5. The summed E-state index contributed by atoms with van der Waals surface area (Å²) in [5.41, 5.74) is 0. The Hall–Kier alpha value is -2.73. The Kier molecular flexibility index (Phi) is 9.41. The first-order valence-corrected chi connectivity index (χ1v) is 16.7. The Balaban J connectivity index is 1.18. The van der Waals surface area contributed by atoms with E-state index in [1.54, 1.807) is 30.3 Å². The van der Waals surface area contributed by atoms with Gasteiger partial charge in [0.2, 0.25) is 27.7 Å². The summed E-state index contributed by atoms with van der Waals surface area (Å²) in [5, 5.41) is 2.12. The zero-order valence-corrected chi connectivity index (χ0v) is 25.9. The average Bonchev–Trinajstić information content (AvgIpc) is 3.64. The molecule has 0 saturated carbocycles. The molecule has 12 heteroatoms. The van der Waals surface area contributed by atoms with Gasteiger partial charge in [0.05, 0.1) is 11.4 Å². The van der Waals surface area contributed by atoms with Gasteiger partial charge in [-0.2, -0.15) is 4.72 Å². The molecule has 10 nitrogen and oxygen atoms in total. The quantitative estimate of drug-likeness (QED) is 0.463. The van der Waals surface area contributed by atoms with Gasteiger partial charge in [-0.15, -0.1) is 0 Å². The predicted octanol–water partition coefficient (Wildman–Crippen LogP) is 2.70. The molecule has 3 heterocycles. The molecule has 0 aromatic heterocycles. The Bertz CT molecular complexity index is 1450. The first-order valence-electron chi connectivity index (χ1n) is 14.8. The third-order valence-corrected chi connectivity index (χ3v) is 10.6. The van der Waals surface area contributed by atoms with Crippen LogP contribution in [0.1, 0.15) is 45.4 Å². The minimum absolute atomic E-state index is 0.0549. The Morgan fingerprint density at radius 1 is 1.02 bits per heavy atom. The number of rotatable bonds is 9. The molecule has 0 spiro atoms. The van der Waals surface area contributed by atoms with E-state index in [1.165, 1.54) is 11.0 Å². The predicted molar refractivity (Wildman–Crippen MR) is 162 cm³/mol. The molecule has 3 atom stereocenters. The lowest BCUT2D eigenvalue weighted by Crippen LogP contribution is -2.55. The SMILES string of the molecule is CCC(=O)N(C)C1CCN(CC2CCCN2C(=O)CN2CCCC(NS(=O)(=O)c3ccc4cc(Cl)ccc4c3)C2=O)C1. The fourth-order valence-electron chi connectivity index (χ4n) is 6.48. The second-order valence-corrected chi connectivity index (χ2v) is 13.8. The number of nitrogens with one attached hydrogen (secondary N) is 1. The Labute approximate surface area is 253 Å². The molecule has 2 aromatic carbocycles. The second kappa shape index (κ2) is 12.9. The monoisotopic (exact) mass is 617 g/mol. The van der Waals surface area contributed by atoms with Gasteiger partial charge >= 0.3 is 0 Å². The number of hydrogen-bond donors (Lipinski definition) is 1. The van der Waals surface area contributed by atoms with Crippen LogP contribution in [0, 0.1) is 0 Å². The largest absolute Gasteiger partial charge is 0.341 e. The number of nitrogens with zero attached hydrogens (tertiary/aromatic N) is 4. The van der Waals surface area contributed by atoms with Crippen molar-refractivity contribution in [2.24, 2.45) is 0 Å². The molecule has 0 bridgehead atoms. The molecule has 3 aliphatic rings. The number of fused-ring (bicyclic) bond motifs is 1. The number of likely N-dealkylation sites (N-methyl/N-ethyl adjacent to an activating group) is 1. The van der Waals surface area contributed by atoms with Crippen molar-refractivity contribution in [1.29, 1.82) is 0 Å². The lowest BCUT2D eigenvalue weighted by molar-refractivity contribution is -0.143. The van der Waals surface area contributed by atoms with Crippen LogP contribution in [0.3, 0.4) is 0 Å². The molecule has 3 unspecified atom stereocenters. The third kappa shape index (κ3) is 6.74. The van der Waals surface area contributed by atoms with Gasteiger partial charge in [0.15, 0.2) is 0 Å². The van der Waals surface area contributed by atoms with Crippen molar-refractivity contribution in [2.45, 2.75) is 68.5 Å². The van der Waals surface area contributed by atoms with Crippen LogP contribution in [0.15, 0.2) is 41.3 Å². The number of halogens is 1. The van der Waals surface area contributed by atoms with Crippen molar-refractivity contribution in [2.75, 3.05) is 46.3 Å². The van der Waals surface area contributed by atoms with E-state index in [-0.39, 0.29) is 41.2 Å². The molecular formula is C30H40ClN5O5S. The Morgan fingerprint density at radius 3 is 2.55 bits per heavy atom. The summed E-state index contributed by atoms with van der Waals surface area (Å²) >= 11 is 6.05. The van der Waals surface area contributed by atoms with E-state index < -0.39 is 16.1 Å². The lowest BCUT2D eigenvalue weighted by atomic mass is 10.1. The normalized spacial score (nSPS) is 23.6. The van der Waals surface area contributed by atoms with E-state index in [9.17, 15) is 22.8 Å². The van der Waals surface area contributed by atoms with Crippen molar-refractivity contribution in [1.82, 2.24) is 24.3 Å². The molecule has 3 aliphatic heterocycles. The van der Waals surface area contributed by atoms with Crippen LogP contribution in [-0.2, 0) is 24.4 Å². The van der Waals surface area contributed by atoms with Crippen molar-refractivity contribution in [3.8, 4) is 0 Å². The maximum absolute atomic E-state index is 13.4.